The maximum absolute atomic E-state index is 4.87. The SMILES string of the molecule is CC(C)c1nc(C2CCCCC2)sc1CS. The van der Waals surface area contributed by atoms with E-state index in [4.69, 9.17) is 4.98 Å². The number of aromatic nitrogens is 1. The van der Waals surface area contributed by atoms with Crippen molar-refractivity contribution in [2.75, 3.05) is 0 Å². The molecule has 0 aliphatic heterocycles. The Labute approximate surface area is 108 Å². The van der Waals surface area contributed by atoms with Gasteiger partial charge in [-0.15, -0.1) is 11.3 Å². The highest BCUT2D eigenvalue weighted by Crippen LogP contribution is 2.37. The first kappa shape index (κ1) is 12.4. The van der Waals surface area contributed by atoms with E-state index in [0.717, 1.165) is 11.7 Å². The fourth-order valence-corrected chi connectivity index (χ4v) is 4.08. The first-order valence-electron chi connectivity index (χ1n) is 6.32. The van der Waals surface area contributed by atoms with Crippen molar-refractivity contribution < 1.29 is 0 Å². The van der Waals surface area contributed by atoms with Crippen LogP contribution < -0.4 is 0 Å². The first-order valence-corrected chi connectivity index (χ1v) is 7.77. The Morgan fingerprint density at radius 3 is 2.50 bits per heavy atom. The second kappa shape index (κ2) is 5.54. The summed E-state index contributed by atoms with van der Waals surface area (Å²) in [5.41, 5.74) is 1.29. The molecule has 0 aromatic carbocycles. The van der Waals surface area contributed by atoms with E-state index < -0.39 is 0 Å². The van der Waals surface area contributed by atoms with E-state index in [-0.39, 0.29) is 0 Å². The molecule has 1 aromatic heterocycles. The van der Waals surface area contributed by atoms with Crippen LogP contribution in [0.3, 0.4) is 0 Å². The molecule has 0 N–H and O–H groups in total. The standard InChI is InChI=1S/C13H21NS2/c1-9(2)12-11(8-15)16-13(14-12)10-6-4-3-5-7-10/h9-10,15H,3-8H2,1-2H3. The van der Waals surface area contributed by atoms with Crippen LogP contribution in [0.15, 0.2) is 0 Å². The average molecular weight is 255 g/mol. The lowest BCUT2D eigenvalue weighted by atomic mass is 9.90. The van der Waals surface area contributed by atoms with Crippen LogP contribution in [0.5, 0.6) is 0 Å². The zero-order valence-corrected chi connectivity index (χ0v) is 11.9. The molecule has 0 unspecified atom stereocenters. The minimum Gasteiger partial charge on any atom is -0.245 e. The molecule has 16 heavy (non-hydrogen) atoms. The second-order valence-corrected chi connectivity index (χ2v) is 6.44. The average Bonchev–Trinajstić information content (AvgIpc) is 2.74. The zero-order valence-electron chi connectivity index (χ0n) is 10.2. The molecule has 0 amide bonds. The van der Waals surface area contributed by atoms with Gasteiger partial charge < -0.3 is 0 Å². The highest BCUT2D eigenvalue weighted by molar-refractivity contribution is 7.79. The summed E-state index contributed by atoms with van der Waals surface area (Å²) in [7, 11) is 0. The van der Waals surface area contributed by atoms with Gasteiger partial charge in [0, 0.05) is 16.5 Å². The van der Waals surface area contributed by atoms with E-state index >= 15 is 0 Å². The minimum absolute atomic E-state index is 0.538. The van der Waals surface area contributed by atoms with Crippen molar-refractivity contribution in [2.45, 2.75) is 63.5 Å². The van der Waals surface area contributed by atoms with Crippen LogP contribution in [-0.4, -0.2) is 4.98 Å². The predicted octanol–water partition coefficient (Wildman–Crippen LogP) is 4.74. The lowest BCUT2D eigenvalue weighted by Crippen LogP contribution is -2.04. The van der Waals surface area contributed by atoms with Crippen LogP contribution in [0.4, 0.5) is 0 Å². The van der Waals surface area contributed by atoms with E-state index in [9.17, 15) is 0 Å². The number of hydrogen-bond acceptors (Lipinski definition) is 3. The maximum atomic E-state index is 4.87. The summed E-state index contributed by atoms with van der Waals surface area (Å²) >= 11 is 6.33. The molecule has 0 spiro atoms. The number of thiazole rings is 1. The first-order chi connectivity index (χ1) is 7.72. The topological polar surface area (TPSA) is 12.9 Å². The van der Waals surface area contributed by atoms with Gasteiger partial charge in [-0.3, -0.25) is 0 Å². The number of thiol groups is 1. The molecule has 1 aliphatic rings. The fourth-order valence-electron chi connectivity index (χ4n) is 2.47. The summed E-state index contributed by atoms with van der Waals surface area (Å²) in [6.45, 7) is 4.46. The van der Waals surface area contributed by atoms with E-state index in [2.05, 4.69) is 26.5 Å². The monoisotopic (exact) mass is 255 g/mol. The third-order valence-corrected chi connectivity index (χ3v) is 5.15. The Hall–Kier alpha value is -0.0200. The van der Waals surface area contributed by atoms with Crippen LogP contribution in [0.1, 0.15) is 73.4 Å². The van der Waals surface area contributed by atoms with E-state index in [0.29, 0.717) is 5.92 Å². The zero-order chi connectivity index (χ0) is 11.5. The molecule has 0 bridgehead atoms. The third-order valence-electron chi connectivity index (χ3n) is 3.39. The van der Waals surface area contributed by atoms with Crippen LogP contribution in [0.2, 0.25) is 0 Å². The van der Waals surface area contributed by atoms with Crippen LogP contribution in [0, 0.1) is 0 Å². The molecule has 1 heterocycles. The van der Waals surface area contributed by atoms with E-state index in [1.54, 1.807) is 0 Å². The van der Waals surface area contributed by atoms with Gasteiger partial charge in [0.05, 0.1) is 10.7 Å². The fraction of sp³-hybridized carbons (Fsp3) is 0.769. The number of rotatable bonds is 3. The minimum atomic E-state index is 0.538. The van der Waals surface area contributed by atoms with Crippen LogP contribution >= 0.6 is 24.0 Å². The summed E-state index contributed by atoms with van der Waals surface area (Å²) in [6, 6.07) is 0. The van der Waals surface area contributed by atoms with Gasteiger partial charge in [-0.2, -0.15) is 12.6 Å². The summed E-state index contributed by atoms with van der Waals surface area (Å²) < 4.78 is 0. The molecule has 2 rings (SSSR count). The Bertz CT molecular complexity index is 338. The van der Waals surface area contributed by atoms with Crippen molar-refractivity contribution >= 4 is 24.0 Å². The van der Waals surface area contributed by atoms with Crippen molar-refractivity contribution in [3.63, 3.8) is 0 Å². The largest absolute Gasteiger partial charge is 0.245 e. The molecule has 1 aromatic rings. The molecular formula is C13H21NS2. The van der Waals surface area contributed by atoms with Gasteiger partial charge in [0.15, 0.2) is 0 Å². The smallest absolute Gasteiger partial charge is 0.0962 e. The van der Waals surface area contributed by atoms with E-state index in [1.807, 2.05) is 11.3 Å². The third kappa shape index (κ3) is 2.62. The van der Waals surface area contributed by atoms with Gasteiger partial charge in [0.2, 0.25) is 0 Å². The molecule has 1 saturated carbocycles. The normalized spacial score (nSPS) is 18.2. The second-order valence-electron chi connectivity index (χ2n) is 5.01. The molecule has 90 valence electrons. The van der Waals surface area contributed by atoms with Crippen molar-refractivity contribution in [1.82, 2.24) is 4.98 Å². The molecule has 1 aliphatic carbocycles. The quantitative estimate of drug-likeness (QED) is 0.769. The van der Waals surface area contributed by atoms with Gasteiger partial charge in [-0.25, -0.2) is 4.98 Å². The van der Waals surface area contributed by atoms with Gasteiger partial charge in [-0.05, 0) is 18.8 Å². The van der Waals surface area contributed by atoms with Crippen LogP contribution in [-0.2, 0) is 5.75 Å². The molecule has 1 nitrogen and oxygen atoms in total. The molecule has 1 fully saturated rings. The Morgan fingerprint density at radius 1 is 1.31 bits per heavy atom. The van der Waals surface area contributed by atoms with E-state index in [1.165, 1.54) is 47.7 Å². The van der Waals surface area contributed by atoms with Crippen molar-refractivity contribution in [3.8, 4) is 0 Å². The summed E-state index contributed by atoms with van der Waals surface area (Å²) in [5, 5.41) is 1.38. The summed E-state index contributed by atoms with van der Waals surface area (Å²) in [6.07, 6.45) is 6.88. The number of nitrogens with zero attached hydrogens (tertiary/aromatic N) is 1. The van der Waals surface area contributed by atoms with Crippen molar-refractivity contribution in [1.29, 1.82) is 0 Å². The van der Waals surface area contributed by atoms with Crippen molar-refractivity contribution in [2.24, 2.45) is 0 Å². The van der Waals surface area contributed by atoms with Crippen molar-refractivity contribution in [3.05, 3.63) is 15.6 Å². The maximum Gasteiger partial charge on any atom is 0.0962 e. The Balaban J connectivity index is 2.20. The summed E-state index contributed by atoms with van der Waals surface area (Å²) in [5.74, 6) is 2.12. The highest BCUT2D eigenvalue weighted by Gasteiger charge is 2.21. The lowest BCUT2D eigenvalue weighted by molar-refractivity contribution is 0.441. The molecule has 0 saturated heterocycles. The predicted molar refractivity (Wildman–Crippen MR) is 74.7 cm³/mol. The highest BCUT2D eigenvalue weighted by atomic mass is 32.1. The van der Waals surface area contributed by atoms with Crippen LogP contribution in [0.25, 0.3) is 0 Å². The van der Waals surface area contributed by atoms with Gasteiger partial charge in [0.1, 0.15) is 0 Å². The molecule has 3 heteroatoms. The molecular weight excluding hydrogens is 234 g/mol. The van der Waals surface area contributed by atoms with Gasteiger partial charge in [-0.1, -0.05) is 33.1 Å². The number of hydrogen-bond donors (Lipinski definition) is 1. The molecule has 0 radical (unpaired) electrons. The molecule has 0 atom stereocenters. The van der Waals surface area contributed by atoms with Gasteiger partial charge >= 0.3 is 0 Å². The summed E-state index contributed by atoms with van der Waals surface area (Å²) in [4.78, 5) is 6.26. The Morgan fingerprint density at radius 2 is 2.00 bits per heavy atom. The Kier molecular flexibility index (Phi) is 4.31. The van der Waals surface area contributed by atoms with Gasteiger partial charge in [0.25, 0.3) is 0 Å². The lowest BCUT2D eigenvalue weighted by Gasteiger charge is -2.19.